The molecule has 0 saturated carbocycles. The molecule has 0 aliphatic carbocycles. The monoisotopic (exact) mass is 345 g/mol. The predicted octanol–water partition coefficient (Wildman–Crippen LogP) is 4.79. The average Bonchev–Trinajstić information content (AvgIpc) is 2.54. The van der Waals surface area contributed by atoms with Crippen LogP contribution in [0.25, 0.3) is 0 Å². The highest BCUT2D eigenvalue weighted by molar-refractivity contribution is 6.30. The third-order valence-corrected chi connectivity index (χ3v) is 4.05. The molecule has 0 radical (unpaired) electrons. The molecular weight excluding hydrogens is 322 g/mol. The lowest BCUT2D eigenvalue weighted by Crippen LogP contribution is -2.30. The molecule has 0 unspecified atom stereocenters. The number of amides is 1. The molecule has 0 aliphatic rings. The third-order valence-electron chi connectivity index (χ3n) is 3.81. The van der Waals surface area contributed by atoms with E-state index in [4.69, 9.17) is 16.3 Å². The highest BCUT2D eigenvalue weighted by Gasteiger charge is 2.16. The topological polar surface area (TPSA) is 38.3 Å². The Morgan fingerprint density at radius 1 is 1.17 bits per heavy atom. The minimum atomic E-state index is -0.0115. The predicted molar refractivity (Wildman–Crippen MR) is 98.5 cm³/mol. The molecule has 128 valence electrons. The number of ether oxygens (including phenoxy) is 1. The number of nitrogens with one attached hydrogen (secondary N) is 1. The molecule has 1 atom stereocenters. The highest BCUT2D eigenvalue weighted by Crippen LogP contribution is 2.24. The summed E-state index contributed by atoms with van der Waals surface area (Å²) < 4.78 is 5.20. The Morgan fingerprint density at radius 3 is 2.46 bits per heavy atom. The van der Waals surface area contributed by atoms with E-state index in [1.54, 1.807) is 7.11 Å². The van der Waals surface area contributed by atoms with Crippen molar-refractivity contribution in [3.05, 3.63) is 64.7 Å². The number of benzene rings is 2. The number of carbonyl (C=O) groups is 1. The number of hydrogen-bond acceptors (Lipinski definition) is 2. The van der Waals surface area contributed by atoms with Crippen LogP contribution in [0.2, 0.25) is 5.02 Å². The van der Waals surface area contributed by atoms with Crippen LogP contribution in [0.1, 0.15) is 37.4 Å². The van der Waals surface area contributed by atoms with Crippen LogP contribution in [0.4, 0.5) is 0 Å². The summed E-state index contributed by atoms with van der Waals surface area (Å²) in [5, 5.41) is 3.79. The summed E-state index contributed by atoms with van der Waals surface area (Å²) >= 11 is 5.98. The van der Waals surface area contributed by atoms with Gasteiger partial charge in [-0.25, -0.2) is 0 Å². The maximum atomic E-state index is 12.4. The molecule has 4 heteroatoms. The van der Waals surface area contributed by atoms with E-state index in [0.29, 0.717) is 17.4 Å². The van der Waals surface area contributed by atoms with Crippen LogP contribution in [0.5, 0.6) is 5.75 Å². The summed E-state index contributed by atoms with van der Waals surface area (Å²) in [6, 6.07) is 15.3. The molecule has 0 saturated heterocycles. The normalized spacial score (nSPS) is 12.0. The van der Waals surface area contributed by atoms with Gasteiger partial charge < -0.3 is 10.1 Å². The second-order valence-electron chi connectivity index (χ2n) is 6.33. The van der Waals surface area contributed by atoms with Gasteiger partial charge in [0.05, 0.1) is 19.6 Å². The van der Waals surface area contributed by atoms with E-state index in [-0.39, 0.29) is 11.9 Å². The Balaban J connectivity index is 2.08. The second-order valence-corrected chi connectivity index (χ2v) is 6.77. The fourth-order valence-corrected chi connectivity index (χ4v) is 2.88. The quantitative estimate of drug-likeness (QED) is 0.783. The van der Waals surface area contributed by atoms with E-state index in [1.807, 2.05) is 48.5 Å². The van der Waals surface area contributed by atoms with Gasteiger partial charge in [0.2, 0.25) is 5.91 Å². The summed E-state index contributed by atoms with van der Waals surface area (Å²) in [5.41, 5.74) is 2.00. The smallest absolute Gasteiger partial charge is 0.224 e. The summed E-state index contributed by atoms with van der Waals surface area (Å²) in [5.74, 6) is 1.29. The zero-order valence-corrected chi connectivity index (χ0v) is 15.1. The van der Waals surface area contributed by atoms with Crippen molar-refractivity contribution in [2.75, 3.05) is 7.11 Å². The van der Waals surface area contributed by atoms with Gasteiger partial charge in [-0.1, -0.05) is 49.7 Å². The molecule has 0 fully saturated rings. The Labute approximate surface area is 149 Å². The van der Waals surface area contributed by atoms with Gasteiger partial charge in [-0.2, -0.15) is 0 Å². The summed E-state index contributed by atoms with van der Waals surface area (Å²) in [6.07, 6.45) is 1.21. The van der Waals surface area contributed by atoms with Crippen LogP contribution in [0.3, 0.4) is 0 Å². The Kier molecular flexibility index (Phi) is 6.68. The van der Waals surface area contributed by atoms with Crippen LogP contribution in [0.15, 0.2) is 48.5 Å². The van der Waals surface area contributed by atoms with Gasteiger partial charge in [-0.3, -0.25) is 4.79 Å². The number of methoxy groups -OCH3 is 1. The van der Waals surface area contributed by atoms with Crippen LogP contribution >= 0.6 is 11.6 Å². The molecule has 0 aliphatic heterocycles. The van der Waals surface area contributed by atoms with Crippen molar-refractivity contribution >= 4 is 17.5 Å². The minimum Gasteiger partial charge on any atom is -0.497 e. The molecule has 3 nitrogen and oxygen atoms in total. The lowest BCUT2D eigenvalue weighted by Gasteiger charge is -2.21. The summed E-state index contributed by atoms with van der Waals surface area (Å²) in [6.45, 7) is 4.30. The Morgan fingerprint density at radius 2 is 1.88 bits per heavy atom. The van der Waals surface area contributed by atoms with Gasteiger partial charge in [0.25, 0.3) is 0 Å². The Bertz CT molecular complexity index is 668. The average molecular weight is 346 g/mol. The maximum Gasteiger partial charge on any atom is 0.224 e. The van der Waals surface area contributed by atoms with Crippen molar-refractivity contribution in [1.29, 1.82) is 0 Å². The van der Waals surface area contributed by atoms with Crippen LogP contribution in [0, 0.1) is 5.92 Å². The van der Waals surface area contributed by atoms with Crippen molar-refractivity contribution in [1.82, 2.24) is 5.32 Å². The maximum absolute atomic E-state index is 12.4. The molecule has 2 aromatic carbocycles. The first-order valence-corrected chi connectivity index (χ1v) is 8.53. The van der Waals surface area contributed by atoms with Gasteiger partial charge in [0.15, 0.2) is 0 Å². The van der Waals surface area contributed by atoms with Crippen molar-refractivity contribution < 1.29 is 9.53 Å². The van der Waals surface area contributed by atoms with Gasteiger partial charge >= 0.3 is 0 Å². The van der Waals surface area contributed by atoms with E-state index in [0.717, 1.165) is 23.3 Å². The standard InChI is InChI=1S/C20H24ClNO2/c1-14(2)11-19(16-7-9-18(24-3)10-8-16)22-20(23)13-15-5-4-6-17(21)12-15/h4-10,12,14,19H,11,13H2,1-3H3,(H,22,23)/t19-/m1/s1. The Hall–Kier alpha value is -2.00. The van der Waals surface area contributed by atoms with Gasteiger partial charge in [0.1, 0.15) is 5.75 Å². The lowest BCUT2D eigenvalue weighted by molar-refractivity contribution is -0.121. The van der Waals surface area contributed by atoms with Gasteiger partial charge in [-0.05, 0) is 47.7 Å². The minimum absolute atomic E-state index is 0.00117. The van der Waals surface area contributed by atoms with Crippen molar-refractivity contribution in [3.63, 3.8) is 0 Å². The molecule has 24 heavy (non-hydrogen) atoms. The molecule has 2 aromatic rings. The molecule has 2 rings (SSSR count). The first-order chi connectivity index (χ1) is 11.5. The zero-order valence-electron chi connectivity index (χ0n) is 14.4. The number of carbonyl (C=O) groups excluding carboxylic acids is 1. The van der Waals surface area contributed by atoms with E-state index in [9.17, 15) is 4.79 Å². The summed E-state index contributed by atoms with van der Waals surface area (Å²) in [4.78, 5) is 12.4. The number of halogens is 1. The van der Waals surface area contributed by atoms with Crippen LogP contribution in [-0.4, -0.2) is 13.0 Å². The van der Waals surface area contributed by atoms with Crippen molar-refractivity contribution in [2.24, 2.45) is 5.92 Å². The van der Waals surface area contributed by atoms with E-state index < -0.39 is 0 Å². The first-order valence-electron chi connectivity index (χ1n) is 8.15. The van der Waals surface area contributed by atoms with Gasteiger partial charge in [-0.15, -0.1) is 0 Å². The zero-order chi connectivity index (χ0) is 17.5. The fraction of sp³-hybridized carbons (Fsp3) is 0.350. The lowest BCUT2D eigenvalue weighted by atomic mass is 9.96. The van der Waals surface area contributed by atoms with E-state index in [1.165, 1.54) is 0 Å². The van der Waals surface area contributed by atoms with Crippen molar-refractivity contribution in [3.8, 4) is 5.75 Å². The second kappa shape index (κ2) is 8.74. The summed E-state index contributed by atoms with van der Waals surface area (Å²) in [7, 11) is 1.65. The highest BCUT2D eigenvalue weighted by atomic mass is 35.5. The molecule has 0 heterocycles. The van der Waals surface area contributed by atoms with E-state index in [2.05, 4.69) is 19.2 Å². The SMILES string of the molecule is COc1ccc([C@@H](CC(C)C)NC(=O)Cc2cccc(Cl)c2)cc1. The third kappa shape index (κ3) is 5.57. The molecular formula is C20H24ClNO2. The molecule has 0 spiro atoms. The largest absolute Gasteiger partial charge is 0.497 e. The number of rotatable bonds is 7. The van der Waals surface area contributed by atoms with Gasteiger partial charge in [0, 0.05) is 5.02 Å². The molecule has 1 amide bonds. The number of hydrogen-bond donors (Lipinski definition) is 1. The molecule has 0 bridgehead atoms. The van der Waals surface area contributed by atoms with E-state index >= 15 is 0 Å². The van der Waals surface area contributed by atoms with Crippen LogP contribution in [-0.2, 0) is 11.2 Å². The molecule has 0 aromatic heterocycles. The molecule has 1 N–H and O–H groups in total. The first kappa shape index (κ1) is 18.3. The fourth-order valence-electron chi connectivity index (χ4n) is 2.66. The van der Waals surface area contributed by atoms with Crippen molar-refractivity contribution in [2.45, 2.75) is 32.7 Å². The van der Waals surface area contributed by atoms with Crippen LogP contribution < -0.4 is 10.1 Å².